The van der Waals surface area contributed by atoms with E-state index >= 15 is 0 Å². The van der Waals surface area contributed by atoms with E-state index in [0.717, 1.165) is 55.6 Å². The summed E-state index contributed by atoms with van der Waals surface area (Å²) >= 11 is 1.86. The lowest BCUT2D eigenvalue weighted by molar-refractivity contribution is 0.263. The van der Waals surface area contributed by atoms with Crippen molar-refractivity contribution < 1.29 is 4.74 Å². The molecule has 2 heterocycles. The van der Waals surface area contributed by atoms with Crippen molar-refractivity contribution in [3.05, 3.63) is 200 Å². The number of nitrogens with zero attached hydrogens (tertiary/aromatic N) is 1. The van der Waals surface area contributed by atoms with Crippen molar-refractivity contribution in [2.24, 2.45) is 0 Å². The number of nitrogens with one attached hydrogen (secondary N) is 1. The van der Waals surface area contributed by atoms with Crippen molar-refractivity contribution in [3.63, 3.8) is 0 Å². The fraction of sp³-hybridized carbons (Fsp3) is 0.0196. The first-order valence-electron chi connectivity index (χ1n) is 18.7. The van der Waals surface area contributed by atoms with Crippen LogP contribution in [0.3, 0.4) is 0 Å². The van der Waals surface area contributed by atoms with Gasteiger partial charge in [0.25, 0.3) is 0 Å². The number of para-hydroxylation sites is 1. The molecule has 0 fully saturated rings. The Morgan fingerprint density at radius 2 is 1.16 bits per heavy atom. The minimum absolute atomic E-state index is 0.230. The Hall–Kier alpha value is -6.88. The zero-order valence-corrected chi connectivity index (χ0v) is 30.6. The monoisotopic (exact) mass is 722 g/mol. The number of ether oxygens (including phenoxy) is 1. The molecule has 9 aromatic carbocycles. The molecule has 0 spiro atoms. The van der Waals surface area contributed by atoms with E-state index in [-0.39, 0.29) is 6.23 Å². The molecular weight excluding hydrogens is 689 g/mol. The summed E-state index contributed by atoms with van der Waals surface area (Å²) in [6.45, 7) is 0. The smallest absolute Gasteiger partial charge is 0.196 e. The molecule has 10 aromatic rings. The van der Waals surface area contributed by atoms with Gasteiger partial charge in [0.1, 0.15) is 0 Å². The van der Waals surface area contributed by atoms with Crippen molar-refractivity contribution >= 4 is 75.8 Å². The van der Waals surface area contributed by atoms with Crippen molar-refractivity contribution in [1.82, 2.24) is 0 Å². The normalized spacial score (nSPS) is 13.6. The minimum atomic E-state index is -0.230. The quantitative estimate of drug-likeness (QED) is 0.173. The Bertz CT molecular complexity index is 3060. The summed E-state index contributed by atoms with van der Waals surface area (Å²) < 4.78 is 9.30. The molecule has 0 amide bonds. The van der Waals surface area contributed by atoms with E-state index in [1.54, 1.807) is 0 Å². The van der Waals surface area contributed by atoms with Crippen LogP contribution in [0.25, 0.3) is 64.0 Å². The number of anilines is 4. The number of thiophene rings is 1. The third kappa shape index (κ3) is 5.33. The molecule has 0 saturated carbocycles. The Morgan fingerprint density at radius 3 is 2.07 bits per heavy atom. The average molecular weight is 723 g/mol. The lowest BCUT2D eigenvalue weighted by Gasteiger charge is -2.29. The second-order valence-electron chi connectivity index (χ2n) is 14.1. The first-order chi connectivity index (χ1) is 27.3. The summed E-state index contributed by atoms with van der Waals surface area (Å²) in [6, 6.07) is 69.9. The van der Waals surface area contributed by atoms with Crippen LogP contribution in [0.5, 0.6) is 5.75 Å². The fourth-order valence-corrected chi connectivity index (χ4v) is 9.47. The van der Waals surface area contributed by atoms with Gasteiger partial charge in [-0.2, -0.15) is 0 Å². The largest absolute Gasteiger partial charge is 0.464 e. The van der Waals surface area contributed by atoms with Crippen LogP contribution in [0.2, 0.25) is 0 Å². The van der Waals surface area contributed by atoms with Crippen LogP contribution < -0.4 is 15.0 Å². The highest BCUT2D eigenvalue weighted by Crippen LogP contribution is 2.48. The van der Waals surface area contributed by atoms with Crippen LogP contribution in [0.4, 0.5) is 22.7 Å². The van der Waals surface area contributed by atoms with Gasteiger partial charge in [-0.15, -0.1) is 11.3 Å². The number of hydrogen-bond acceptors (Lipinski definition) is 4. The Labute approximate surface area is 323 Å². The molecule has 3 nitrogen and oxygen atoms in total. The maximum absolute atomic E-state index is 6.68. The molecule has 1 atom stereocenters. The highest BCUT2D eigenvalue weighted by Gasteiger charge is 2.26. The van der Waals surface area contributed by atoms with Gasteiger partial charge in [-0.1, -0.05) is 146 Å². The third-order valence-corrected chi connectivity index (χ3v) is 12.0. The van der Waals surface area contributed by atoms with E-state index in [1.807, 2.05) is 17.4 Å². The lowest BCUT2D eigenvalue weighted by atomic mass is 9.97. The molecule has 0 saturated heterocycles. The van der Waals surface area contributed by atoms with Crippen LogP contribution in [0.15, 0.2) is 194 Å². The summed E-state index contributed by atoms with van der Waals surface area (Å²) in [5.41, 5.74) is 10.2. The van der Waals surface area contributed by atoms with E-state index in [2.05, 4.69) is 198 Å². The highest BCUT2D eigenvalue weighted by molar-refractivity contribution is 7.25. The maximum Gasteiger partial charge on any atom is 0.196 e. The molecule has 4 heteroatoms. The molecule has 1 aliphatic heterocycles. The van der Waals surface area contributed by atoms with Crippen molar-refractivity contribution in [1.29, 1.82) is 0 Å². The van der Waals surface area contributed by atoms with Crippen molar-refractivity contribution in [3.8, 4) is 28.0 Å². The lowest BCUT2D eigenvalue weighted by Crippen LogP contribution is -2.11. The topological polar surface area (TPSA) is 24.5 Å². The Balaban J connectivity index is 1.09. The van der Waals surface area contributed by atoms with Crippen molar-refractivity contribution in [2.45, 2.75) is 6.23 Å². The van der Waals surface area contributed by atoms with E-state index in [4.69, 9.17) is 4.74 Å². The first kappa shape index (κ1) is 31.6. The van der Waals surface area contributed by atoms with Crippen LogP contribution in [0.1, 0.15) is 11.8 Å². The van der Waals surface area contributed by atoms with Crippen LogP contribution in [0, 0.1) is 0 Å². The fourth-order valence-electron chi connectivity index (χ4n) is 8.34. The molecule has 260 valence electrons. The Morgan fingerprint density at radius 1 is 0.473 bits per heavy atom. The van der Waals surface area contributed by atoms with Crippen LogP contribution in [-0.4, -0.2) is 0 Å². The van der Waals surface area contributed by atoms with Gasteiger partial charge in [0.05, 0.1) is 11.4 Å². The second-order valence-corrected chi connectivity index (χ2v) is 15.2. The van der Waals surface area contributed by atoms with Gasteiger partial charge in [-0.25, -0.2) is 0 Å². The summed E-state index contributed by atoms with van der Waals surface area (Å²) in [5.74, 6) is 0.902. The molecule has 1 unspecified atom stereocenters. The zero-order chi connectivity index (χ0) is 36.3. The molecule has 0 aliphatic carbocycles. The average Bonchev–Trinajstić information content (AvgIpc) is 3.87. The van der Waals surface area contributed by atoms with Gasteiger partial charge in [0.2, 0.25) is 0 Å². The SMILES string of the molecule is c1ccc(-c2ccccc2N(c2cccc(-c3cccc4sc5ccccc5c34)c2)c2ccc3c(ccc4ccc5c(c43)OC(c3ccccc3)N5)c2)cc1. The van der Waals surface area contributed by atoms with Crippen molar-refractivity contribution in [2.75, 3.05) is 10.2 Å². The van der Waals surface area contributed by atoms with Gasteiger partial charge < -0.3 is 15.0 Å². The first-order valence-corrected chi connectivity index (χ1v) is 19.5. The van der Waals surface area contributed by atoms with Gasteiger partial charge in [-0.05, 0) is 81.4 Å². The molecule has 0 bridgehead atoms. The molecule has 11 rings (SSSR count). The number of rotatable bonds is 6. The zero-order valence-electron chi connectivity index (χ0n) is 29.8. The van der Waals surface area contributed by atoms with Gasteiger partial charge in [-0.3, -0.25) is 0 Å². The summed E-state index contributed by atoms with van der Waals surface area (Å²) in [7, 11) is 0. The molecular formula is C51H34N2OS. The summed E-state index contributed by atoms with van der Waals surface area (Å²) in [5, 5.41) is 10.8. The number of fused-ring (bicyclic) bond motifs is 8. The second kappa shape index (κ2) is 12.9. The summed E-state index contributed by atoms with van der Waals surface area (Å²) in [6.07, 6.45) is -0.230. The van der Waals surface area contributed by atoms with E-state index in [0.29, 0.717) is 0 Å². The minimum Gasteiger partial charge on any atom is -0.464 e. The molecule has 55 heavy (non-hydrogen) atoms. The standard InChI is InChI=1S/C51H34N2OS/c1-3-13-33(14-4-1)40-19-7-9-22-45(40)53(38-18-11-17-36(31-38)41-21-12-24-47-49(41)43-20-8-10-23-46(43)55-47)39-28-29-42-37(32-39)26-25-34-27-30-44-50(48(34)42)54-51(52-44)35-15-5-2-6-16-35/h1-32,51-52H. The van der Waals surface area contributed by atoms with Gasteiger partial charge in [0, 0.05) is 48.1 Å². The predicted molar refractivity (Wildman–Crippen MR) is 233 cm³/mol. The van der Waals surface area contributed by atoms with Gasteiger partial charge >= 0.3 is 0 Å². The summed E-state index contributed by atoms with van der Waals surface area (Å²) in [4.78, 5) is 2.42. The van der Waals surface area contributed by atoms with E-state index in [1.165, 1.54) is 42.4 Å². The molecule has 0 radical (unpaired) electrons. The van der Waals surface area contributed by atoms with Crippen LogP contribution >= 0.6 is 11.3 Å². The predicted octanol–water partition coefficient (Wildman–Crippen LogP) is 14.7. The number of benzene rings is 9. The highest BCUT2D eigenvalue weighted by atomic mass is 32.1. The van der Waals surface area contributed by atoms with E-state index in [9.17, 15) is 0 Å². The van der Waals surface area contributed by atoms with Crippen LogP contribution in [-0.2, 0) is 0 Å². The molecule has 1 aromatic heterocycles. The maximum atomic E-state index is 6.68. The Kier molecular flexibility index (Phi) is 7.42. The van der Waals surface area contributed by atoms with E-state index < -0.39 is 0 Å². The number of hydrogen-bond donors (Lipinski definition) is 1. The molecule has 1 N–H and O–H groups in total. The molecule has 1 aliphatic rings. The third-order valence-electron chi connectivity index (χ3n) is 10.9. The van der Waals surface area contributed by atoms with Gasteiger partial charge in [0.15, 0.2) is 12.0 Å².